The van der Waals surface area contributed by atoms with Gasteiger partial charge >= 0.3 is 0 Å². The number of nitrogens with two attached hydrogens (primary N) is 2. The zero-order valence-electron chi connectivity index (χ0n) is 12.1. The van der Waals surface area contributed by atoms with Gasteiger partial charge in [-0.2, -0.15) is 0 Å². The lowest BCUT2D eigenvalue weighted by Crippen LogP contribution is -2.30. The normalized spacial score (nSPS) is 22.2. The van der Waals surface area contributed by atoms with E-state index in [1.165, 1.54) is 5.56 Å². The molecule has 1 aliphatic carbocycles. The van der Waals surface area contributed by atoms with E-state index in [4.69, 9.17) is 11.5 Å². The highest BCUT2D eigenvalue weighted by atomic mass is 16.2. The van der Waals surface area contributed by atoms with Crippen molar-refractivity contribution in [2.24, 2.45) is 11.8 Å². The number of benzene rings is 1. The smallest absolute Gasteiger partial charge is 0.225 e. The van der Waals surface area contributed by atoms with Crippen LogP contribution in [0.15, 0.2) is 12.1 Å². The molecule has 1 heterocycles. The van der Waals surface area contributed by atoms with Crippen LogP contribution >= 0.6 is 0 Å². The number of anilines is 2. The summed E-state index contributed by atoms with van der Waals surface area (Å²) in [5.74, 6) is 1.27. The minimum atomic E-state index is 0.336. The van der Waals surface area contributed by atoms with E-state index in [1.54, 1.807) is 0 Å². The molecule has 2 fully saturated rings. The summed E-state index contributed by atoms with van der Waals surface area (Å²) >= 11 is 0. The Morgan fingerprint density at radius 3 is 2.75 bits per heavy atom. The summed E-state index contributed by atoms with van der Waals surface area (Å²) in [5.41, 5.74) is 15.5. The van der Waals surface area contributed by atoms with Crippen LogP contribution < -0.4 is 11.5 Å². The Kier molecular flexibility index (Phi) is 3.32. The van der Waals surface area contributed by atoms with Crippen LogP contribution in [-0.2, 0) is 11.2 Å². The largest absolute Gasteiger partial charge is 0.397 e. The molecule has 1 aromatic carbocycles. The Morgan fingerprint density at radius 1 is 1.30 bits per heavy atom. The minimum Gasteiger partial charge on any atom is -0.397 e. The van der Waals surface area contributed by atoms with E-state index in [-0.39, 0.29) is 0 Å². The molecule has 0 unspecified atom stereocenters. The average molecular weight is 273 g/mol. The topological polar surface area (TPSA) is 72.3 Å². The van der Waals surface area contributed by atoms with Gasteiger partial charge in [0.2, 0.25) is 5.91 Å². The number of nitrogen functional groups attached to an aromatic ring is 2. The summed E-state index contributed by atoms with van der Waals surface area (Å²) < 4.78 is 0. The number of hydrogen-bond donors (Lipinski definition) is 2. The highest BCUT2D eigenvalue weighted by Gasteiger charge is 2.36. The van der Waals surface area contributed by atoms with Crippen molar-refractivity contribution >= 4 is 17.3 Å². The Balaban J connectivity index is 1.64. The summed E-state index contributed by atoms with van der Waals surface area (Å²) in [6.45, 7) is 3.85. The predicted octanol–water partition coefficient (Wildman–Crippen LogP) is 1.96. The SMILES string of the molecule is Cc1c(C[C@H]2CCN(C(=O)C3CC3)C2)ccc(N)c1N. The van der Waals surface area contributed by atoms with Crippen molar-refractivity contribution in [2.75, 3.05) is 24.6 Å². The van der Waals surface area contributed by atoms with Crippen molar-refractivity contribution < 1.29 is 4.79 Å². The molecule has 2 aliphatic rings. The van der Waals surface area contributed by atoms with Crippen LogP contribution in [0.3, 0.4) is 0 Å². The van der Waals surface area contributed by atoms with Crippen LogP contribution in [0.1, 0.15) is 30.4 Å². The maximum Gasteiger partial charge on any atom is 0.225 e. The van der Waals surface area contributed by atoms with Gasteiger partial charge in [-0.05, 0) is 55.7 Å². The Labute approximate surface area is 120 Å². The van der Waals surface area contributed by atoms with Gasteiger partial charge in [0, 0.05) is 19.0 Å². The fourth-order valence-corrected chi connectivity index (χ4v) is 3.11. The molecular weight excluding hydrogens is 250 g/mol. The first-order chi connectivity index (χ1) is 9.56. The fraction of sp³-hybridized carbons (Fsp3) is 0.562. The van der Waals surface area contributed by atoms with Gasteiger partial charge in [0.15, 0.2) is 0 Å². The number of likely N-dealkylation sites (tertiary alicyclic amines) is 1. The van der Waals surface area contributed by atoms with Crippen LogP contribution in [-0.4, -0.2) is 23.9 Å². The number of amides is 1. The molecule has 0 spiro atoms. The molecule has 108 valence electrons. The maximum absolute atomic E-state index is 12.1. The molecule has 3 rings (SSSR count). The molecule has 1 saturated heterocycles. The number of carbonyl (C=O) groups excluding carboxylic acids is 1. The first kappa shape index (κ1) is 13.3. The van der Waals surface area contributed by atoms with Crippen molar-refractivity contribution in [1.29, 1.82) is 0 Å². The molecule has 1 atom stereocenters. The van der Waals surface area contributed by atoms with Crippen LogP contribution in [0, 0.1) is 18.8 Å². The number of hydrogen-bond acceptors (Lipinski definition) is 3. The molecule has 1 amide bonds. The zero-order chi connectivity index (χ0) is 14.3. The summed E-state index contributed by atoms with van der Waals surface area (Å²) in [5, 5.41) is 0. The standard InChI is InChI=1S/C16H23N3O/c1-10-13(4-5-14(17)15(10)18)8-11-6-7-19(9-11)16(20)12-2-3-12/h4-5,11-12H,2-3,6-9,17-18H2,1H3/t11-/m1/s1. The highest BCUT2D eigenvalue weighted by molar-refractivity contribution is 5.81. The van der Waals surface area contributed by atoms with Gasteiger partial charge in [-0.1, -0.05) is 6.07 Å². The summed E-state index contributed by atoms with van der Waals surface area (Å²) in [6, 6.07) is 3.96. The Morgan fingerprint density at radius 2 is 2.05 bits per heavy atom. The average Bonchev–Trinajstić information content (AvgIpc) is 3.18. The fourth-order valence-electron chi connectivity index (χ4n) is 3.11. The van der Waals surface area contributed by atoms with Gasteiger partial charge < -0.3 is 16.4 Å². The quantitative estimate of drug-likeness (QED) is 0.827. The van der Waals surface area contributed by atoms with Crippen LogP contribution in [0.5, 0.6) is 0 Å². The van der Waals surface area contributed by atoms with Crippen molar-refractivity contribution in [3.8, 4) is 0 Å². The van der Waals surface area contributed by atoms with Crippen LogP contribution in [0.2, 0.25) is 0 Å². The lowest BCUT2D eigenvalue weighted by molar-refractivity contribution is -0.131. The van der Waals surface area contributed by atoms with Gasteiger partial charge in [-0.25, -0.2) is 0 Å². The van der Waals surface area contributed by atoms with Crippen LogP contribution in [0.25, 0.3) is 0 Å². The second-order valence-corrected chi connectivity index (χ2v) is 6.27. The van der Waals surface area contributed by atoms with Crippen LogP contribution in [0.4, 0.5) is 11.4 Å². The second kappa shape index (κ2) is 5.00. The third kappa shape index (κ3) is 2.47. The molecular formula is C16H23N3O. The maximum atomic E-state index is 12.1. The van der Waals surface area contributed by atoms with E-state index in [9.17, 15) is 4.79 Å². The third-order valence-electron chi connectivity index (χ3n) is 4.69. The van der Waals surface area contributed by atoms with Crippen molar-refractivity contribution in [1.82, 2.24) is 4.90 Å². The van der Waals surface area contributed by atoms with E-state index in [1.807, 2.05) is 13.0 Å². The molecule has 0 bridgehead atoms. The highest BCUT2D eigenvalue weighted by Crippen LogP contribution is 2.34. The van der Waals surface area contributed by atoms with E-state index >= 15 is 0 Å². The van der Waals surface area contributed by atoms with Crippen molar-refractivity contribution in [2.45, 2.75) is 32.6 Å². The lowest BCUT2D eigenvalue weighted by atomic mass is 9.94. The molecule has 0 aromatic heterocycles. The molecule has 20 heavy (non-hydrogen) atoms. The van der Waals surface area contributed by atoms with E-state index in [0.29, 0.717) is 29.1 Å². The van der Waals surface area contributed by atoms with Crippen molar-refractivity contribution in [3.05, 3.63) is 23.3 Å². The molecule has 1 aliphatic heterocycles. The van der Waals surface area contributed by atoms with E-state index in [2.05, 4.69) is 11.0 Å². The summed E-state index contributed by atoms with van der Waals surface area (Å²) in [7, 11) is 0. The van der Waals surface area contributed by atoms with Gasteiger partial charge in [0.25, 0.3) is 0 Å². The summed E-state index contributed by atoms with van der Waals surface area (Å²) in [4.78, 5) is 14.1. The molecule has 4 heteroatoms. The zero-order valence-corrected chi connectivity index (χ0v) is 12.1. The second-order valence-electron chi connectivity index (χ2n) is 6.27. The lowest BCUT2D eigenvalue weighted by Gasteiger charge is -2.17. The Hall–Kier alpha value is -1.71. The van der Waals surface area contributed by atoms with Gasteiger partial charge in [0.05, 0.1) is 11.4 Å². The molecule has 4 nitrogen and oxygen atoms in total. The predicted molar refractivity (Wildman–Crippen MR) is 81.1 cm³/mol. The van der Waals surface area contributed by atoms with Gasteiger partial charge in [0.1, 0.15) is 0 Å². The van der Waals surface area contributed by atoms with E-state index < -0.39 is 0 Å². The molecule has 4 N–H and O–H groups in total. The van der Waals surface area contributed by atoms with Crippen molar-refractivity contribution in [3.63, 3.8) is 0 Å². The molecule has 1 saturated carbocycles. The molecule has 0 radical (unpaired) electrons. The summed E-state index contributed by atoms with van der Waals surface area (Å²) in [6.07, 6.45) is 4.27. The third-order valence-corrected chi connectivity index (χ3v) is 4.69. The first-order valence-electron chi connectivity index (χ1n) is 7.48. The number of carbonyl (C=O) groups is 1. The number of nitrogens with zero attached hydrogens (tertiary/aromatic N) is 1. The van der Waals surface area contributed by atoms with Gasteiger partial charge in [-0.3, -0.25) is 4.79 Å². The van der Waals surface area contributed by atoms with E-state index in [0.717, 1.165) is 44.3 Å². The minimum absolute atomic E-state index is 0.336. The Bertz CT molecular complexity index is 537. The molecule has 1 aromatic rings. The van der Waals surface area contributed by atoms with Gasteiger partial charge in [-0.15, -0.1) is 0 Å². The number of rotatable bonds is 3. The monoisotopic (exact) mass is 273 g/mol. The first-order valence-corrected chi connectivity index (χ1v) is 7.48.